The number of carbonyl (C=O) groups is 1. The van der Waals surface area contributed by atoms with Gasteiger partial charge in [-0.2, -0.15) is 0 Å². The molecule has 90 valence electrons. The molecule has 0 heterocycles. The Hall–Kier alpha value is -0.610. The Bertz CT molecular complexity index is 172. The van der Waals surface area contributed by atoms with Crippen LogP contribution >= 0.6 is 0 Å². The first-order valence-corrected chi connectivity index (χ1v) is 5.64. The molecule has 4 heteroatoms. The molecule has 0 saturated heterocycles. The quantitative estimate of drug-likeness (QED) is 0.637. The second-order valence-electron chi connectivity index (χ2n) is 4.00. The molecule has 0 saturated carbocycles. The molecule has 0 aliphatic heterocycles. The Labute approximate surface area is 92.6 Å². The molecule has 0 aromatic heterocycles. The molecule has 0 spiro atoms. The number of hydrogen-bond acceptors (Lipinski definition) is 3. The third-order valence-electron chi connectivity index (χ3n) is 2.29. The number of nitrogens with one attached hydrogen (secondary N) is 1. The number of methoxy groups -OCH3 is 1. The first-order valence-electron chi connectivity index (χ1n) is 5.64. The highest BCUT2D eigenvalue weighted by molar-refractivity contribution is 5.76. The van der Waals surface area contributed by atoms with Gasteiger partial charge in [0.15, 0.2) is 0 Å². The number of carbonyl (C=O) groups excluding carboxylic acids is 1. The summed E-state index contributed by atoms with van der Waals surface area (Å²) in [5.41, 5.74) is 5.60. The molecule has 0 fully saturated rings. The maximum absolute atomic E-state index is 11.5. The van der Waals surface area contributed by atoms with Gasteiger partial charge in [0.2, 0.25) is 5.91 Å². The molecule has 15 heavy (non-hydrogen) atoms. The zero-order valence-corrected chi connectivity index (χ0v) is 10.1. The van der Waals surface area contributed by atoms with Crippen molar-refractivity contribution in [1.29, 1.82) is 0 Å². The van der Waals surface area contributed by atoms with E-state index in [1.807, 2.05) is 13.8 Å². The molecule has 0 aliphatic carbocycles. The SMILES string of the molecule is CCC(COC)NC(=O)CCCC(C)N. The van der Waals surface area contributed by atoms with Gasteiger partial charge in [0.05, 0.1) is 12.6 Å². The monoisotopic (exact) mass is 216 g/mol. The molecule has 0 bridgehead atoms. The summed E-state index contributed by atoms with van der Waals surface area (Å²) >= 11 is 0. The van der Waals surface area contributed by atoms with Crippen molar-refractivity contribution >= 4 is 5.91 Å². The maximum atomic E-state index is 11.5. The number of ether oxygens (including phenoxy) is 1. The van der Waals surface area contributed by atoms with E-state index in [0.29, 0.717) is 13.0 Å². The van der Waals surface area contributed by atoms with E-state index in [1.165, 1.54) is 0 Å². The van der Waals surface area contributed by atoms with Crippen LogP contribution in [-0.4, -0.2) is 31.7 Å². The van der Waals surface area contributed by atoms with E-state index < -0.39 is 0 Å². The molecule has 2 atom stereocenters. The summed E-state index contributed by atoms with van der Waals surface area (Å²) in [6.45, 7) is 4.57. The predicted molar refractivity (Wildman–Crippen MR) is 61.6 cm³/mol. The molecular formula is C11H24N2O2. The average molecular weight is 216 g/mol. The van der Waals surface area contributed by atoms with Gasteiger partial charge in [-0.25, -0.2) is 0 Å². The van der Waals surface area contributed by atoms with Gasteiger partial charge in [-0.05, 0) is 26.2 Å². The van der Waals surface area contributed by atoms with Crippen LogP contribution in [0.25, 0.3) is 0 Å². The highest BCUT2D eigenvalue weighted by Gasteiger charge is 2.09. The number of amides is 1. The zero-order chi connectivity index (χ0) is 11.7. The lowest BCUT2D eigenvalue weighted by Gasteiger charge is -2.15. The van der Waals surface area contributed by atoms with E-state index >= 15 is 0 Å². The van der Waals surface area contributed by atoms with Crippen molar-refractivity contribution in [3.63, 3.8) is 0 Å². The molecule has 1 amide bonds. The number of rotatable bonds is 8. The zero-order valence-electron chi connectivity index (χ0n) is 10.1. The molecule has 0 radical (unpaired) electrons. The molecule has 0 aromatic carbocycles. The normalized spacial score (nSPS) is 14.7. The topological polar surface area (TPSA) is 64.3 Å². The smallest absolute Gasteiger partial charge is 0.220 e. The van der Waals surface area contributed by atoms with Gasteiger partial charge in [0, 0.05) is 19.6 Å². The second kappa shape index (κ2) is 8.68. The van der Waals surface area contributed by atoms with Crippen molar-refractivity contribution in [2.75, 3.05) is 13.7 Å². The first kappa shape index (κ1) is 14.4. The van der Waals surface area contributed by atoms with Crippen LogP contribution in [0.3, 0.4) is 0 Å². The molecule has 4 nitrogen and oxygen atoms in total. The highest BCUT2D eigenvalue weighted by atomic mass is 16.5. The van der Waals surface area contributed by atoms with Gasteiger partial charge in [-0.1, -0.05) is 6.92 Å². The minimum absolute atomic E-state index is 0.0968. The lowest BCUT2D eigenvalue weighted by atomic mass is 10.1. The van der Waals surface area contributed by atoms with Crippen LogP contribution in [0.15, 0.2) is 0 Å². The summed E-state index contributed by atoms with van der Waals surface area (Å²) in [6, 6.07) is 0.316. The summed E-state index contributed by atoms with van der Waals surface area (Å²) in [4.78, 5) is 11.5. The Morgan fingerprint density at radius 1 is 1.53 bits per heavy atom. The second-order valence-corrected chi connectivity index (χ2v) is 4.00. The average Bonchev–Trinajstić information content (AvgIpc) is 2.16. The van der Waals surface area contributed by atoms with Crippen LogP contribution < -0.4 is 11.1 Å². The molecule has 0 aromatic rings. The van der Waals surface area contributed by atoms with Crippen molar-refractivity contribution < 1.29 is 9.53 Å². The van der Waals surface area contributed by atoms with Gasteiger partial charge in [0.1, 0.15) is 0 Å². The molecular weight excluding hydrogens is 192 g/mol. The van der Waals surface area contributed by atoms with E-state index in [-0.39, 0.29) is 18.0 Å². The highest BCUT2D eigenvalue weighted by Crippen LogP contribution is 2.00. The molecule has 0 aliphatic rings. The summed E-state index contributed by atoms with van der Waals surface area (Å²) in [7, 11) is 1.64. The lowest BCUT2D eigenvalue weighted by Crippen LogP contribution is -2.37. The van der Waals surface area contributed by atoms with Crippen LogP contribution in [0.2, 0.25) is 0 Å². The molecule has 3 N–H and O–H groups in total. The van der Waals surface area contributed by atoms with Gasteiger partial charge in [-0.15, -0.1) is 0 Å². The van der Waals surface area contributed by atoms with Crippen molar-refractivity contribution in [2.24, 2.45) is 5.73 Å². The minimum Gasteiger partial charge on any atom is -0.383 e. The predicted octanol–water partition coefficient (Wildman–Crippen LogP) is 1.05. The first-order chi connectivity index (χ1) is 7.10. The fourth-order valence-electron chi connectivity index (χ4n) is 1.35. The Kier molecular flexibility index (Phi) is 8.33. The van der Waals surface area contributed by atoms with Gasteiger partial charge < -0.3 is 15.8 Å². The maximum Gasteiger partial charge on any atom is 0.220 e. The van der Waals surface area contributed by atoms with E-state index in [9.17, 15) is 4.79 Å². The van der Waals surface area contributed by atoms with E-state index in [2.05, 4.69) is 5.32 Å². The van der Waals surface area contributed by atoms with Crippen LogP contribution in [0.1, 0.15) is 39.5 Å². The number of nitrogens with two attached hydrogens (primary N) is 1. The number of hydrogen-bond donors (Lipinski definition) is 2. The van der Waals surface area contributed by atoms with Crippen LogP contribution in [0, 0.1) is 0 Å². The van der Waals surface area contributed by atoms with Crippen LogP contribution in [-0.2, 0) is 9.53 Å². The van der Waals surface area contributed by atoms with Crippen LogP contribution in [0.5, 0.6) is 0 Å². The summed E-state index contributed by atoms with van der Waals surface area (Å²) in [5.74, 6) is 0.0968. The third kappa shape index (κ3) is 8.39. The van der Waals surface area contributed by atoms with E-state index in [1.54, 1.807) is 7.11 Å². The van der Waals surface area contributed by atoms with Gasteiger partial charge >= 0.3 is 0 Å². The Balaban J connectivity index is 3.61. The standard InChI is InChI=1S/C11H24N2O2/c1-4-10(8-15-3)13-11(14)7-5-6-9(2)12/h9-10H,4-8,12H2,1-3H3,(H,13,14). The summed E-state index contributed by atoms with van der Waals surface area (Å²) in [6.07, 6.45) is 3.20. The minimum atomic E-state index is 0.0968. The summed E-state index contributed by atoms with van der Waals surface area (Å²) < 4.78 is 5.00. The van der Waals surface area contributed by atoms with Crippen molar-refractivity contribution in [3.8, 4) is 0 Å². The van der Waals surface area contributed by atoms with Gasteiger partial charge in [0.25, 0.3) is 0 Å². The van der Waals surface area contributed by atoms with E-state index in [4.69, 9.17) is 10.5 Å². The summed E-state index contributed by atoms with van der Waals surface area (Å²) in [5, 5.41) is 2.94. The lowest BCUT2D eigenvalue weighted by molar-refractivity contribution is -0.122. The van der Waals surface area contributed by atoms with Crippen molar-refractivity contribution in [3.05, 3.63) is 0 Å². The Morgan fingerprint density at radius 2 is 2.20 bits per heavy atom. The van der Waals surface area contributed by atoms with E-state index in [0.717, 1.165) is 19.3 Å². The van der Waals surface area contributed by atoms with Crippen molar-refractivity contribution in [1.82, 2.24) is 5.32 Å². The largest absolute Gasteiger partial charge is 0.383 e. The van der Waals surface area contributed by atoms with Gasteiger partial charge in [-0.3, -0.25) is 4.79 Å². The fraction of sp³-hybridized carbons (Fsp3) is 0.909. The van der Waals surface area contributed by atoms with Crippen molar-refractivity contribution in [2.45, 2.75) is 51.6 Å². The van der Waals surface area contributed by atoms with Crippen LogP contribution in [0.4, 0.5) is 0 Å². The third-order valence-corrected chi connectivity index (χ3v) is 2.29. The molecule has 0 rings (SSSR count). The Morgan fingerprint density at radius 3 is 2.67 bits per heavy atom. The fourth-order valence-corrected chi connectivity index (χ4v) is 1.35. The molecule has 2 unspecified atom stereocenters.